The predicted octanol–water partition coefficient (Wildman–Crippen LogP) is 6.10. The Morgan fingerprint density at radius 3 is 2.50 bits per heavy atom. The number of nitrogens with zero attached hydrogens (tertiary/aromatic N) is 2. The number of methoxy groups -OCH3 is 1. The first-order valence-electron chi connectivity index (χ1n) is 7.52. The molecule has 2 aromatic carbocycles. The minimum Gasteiger partial charge on any atom is -0.497 e. The van der Waals surface area contributed by atoms with Crippen molar-refractivity contribution in [3.63, 3.8) is 0 Å². The van der Waals surface area contributed by atoms with Gasteiger partial charge in [-0.05, 0) is 42.5 Å². The number of allylic oxidation sites excluding steroid dienone is 1. The number of hydrogen-bond acceptors (Lipinski definition) is 5. The lowest BCUT2D eigenvalue weighted by Gasteiger charge is -2.03. The van der Waals surface area contributed by atoms with Crippen LogP contribution in [-0.4, -0.2) is 12.1 Å². The molecule has 0 saturated carbocycles. The zero-order valence-corrected chi connectivity index (χ0v) is 16.0. The predicted molar refractivity (Wildman–Crippen MR) is 108 cm³/mol. The van der Waals surface area contributed by atoms with E-state index < -0.39 is 0 Å². The fraction of sp³-hybridized carbons (Fsp3) is 0.0526. The third-order valence-corrected chi connectivity index (χ3v) is 4.80. The summed E-state index contributed by atoms with van der Waals surface area (Å²) >= 11 is 13.4. The molecule has 1 heterocycles. The van der Waals surface area contributed by atoms with Crippen molar-refractivity contribution in [1.29, 1.82) is 5.26 Å². The van der Waals surface area contributed by atoms with E-state index >= 15 is 0 Å². The molecule has 0 radical (unpaired) electrons. The molecule has 0 atom stereocenters. The van der Waals surface area contributed by atoms with Crippen LogP contribution in [0, 0.1) is 11.3 Å². The highest BCUT2D eigenvalue weighted by Gasteiger charge is 2.09. The summed E-state index contributed by atoms with van der Waals surface area (Å²) in [5.41, 5.74) is 2.88. The largest absolute Gasteiger partial charge is 0.497 e. The van der Waals surface area contributed by atoms with Crippen LogP contribution in [0.3, 0.4) is 0 Å². The van der Waals surface area contributed by atoms with E-state index in [0.29, 0.717) is 26.3 Å². The van der Waals surface area contributed by atoms with E-state index in [-0.39, 0.29) is 0 Å². The van der Waals surface area contributed by atoms with Crippen molar-refractivity contribution in [2.45, 2.75) is 0 Å². The Balaban J connectivity index is 1.82. The Kier molecular flexibility index (Phi) is 5.79. The number of hydrogen-bond donors (Lipinski definition) is 1. The molecule has 1 aromatic heterocycles. The van der Waals surface area contributed by atoms with Crippen LogP contribution >= 0.6 is 34.5 Å². The van der Waals surface area contributed by atoms with Crippen molar-refractivity contribution in [3.05, 3.63) is 69.1 Å². The number of anilines is 1. The molecule has 130 valence electrons. The lowest BCUT2D eigenvalue weighted by atomic mass is 10.2. The molecule has 26 heavy (non-hydrogen) atoms. The molecular weight excluding hydrogens is 389 g/mol. The van der Waals surface area contributed by atoms with Gasteiger partial charge >= 0.3 is 0 Å². The molecule has 3 rings (SSSR count). The number of thiazole rings is 1. The van der Waals surface area contributed by atoms with Gasteiger partial charge < -0.3 is 10.1 Å². The molecule has 1 N–H and O–H groups in total. The number of ether oxygens (including phenoxy) is 1. The molecule has 4 nitrogen and oxygen atoms in total. The summed E-state index contributed by atoms with van der Waals surface area (Å²) in [5, 5.41) is 16.1. The van der Waals surface area contributed by atoms with Gasteiger partial charge in [-0.25, -0.2) is 4.98 Å². The average molecular weight is 402 g/mol. The van der Waals surface area contributed by atoms with Crippen molar-refractivity contribution in [3.8, 4) is 23.1 Å². The molecule has 7 heteroatoms. The SMILES string of the molecule is COc1ccc(-c2csc(/C(C#N)=C\Nc3cc(Cl)cc(Cl)c3)n2)cc1. The second-order valence-electron chi connectivity index (χ2n) is 5.24. The third kappa shape index (κ3) is 4.36. The lowest BCUT2D eigenvalue weighted by Crippen LogP contribution is -1.91. The van der Waals surface area contributed by atoms with Crippen LogP contribution in [0.5, 0.6) is 5.75 Å². The summed E-state index contributed by atoms with van der Waals surface area (Å²) in [6, 6.07) is 14.9. The Morgan fingerprint density at radius 1 is 1.19 bits per heavy atom. The molecule has 0 saturated heterocycles. The molecule has 0 amide bonds. The highest BCUT2D eigenvalue weighted by Crippen LogP contribution is 2.28. The summed E-state index contributed by atoms with van der Waals surface area (Å²) in [4.78, 5) is 4.55. The lowest BCUT2D eigenvalue weighted by molar-refractivity contribution is 0.415. The summed E-state index contributed by atoms with van der Waals surface area (Å²) in [6.07, 6.45) is 1.60. The maximum Gasteiger partial charge on any atom is 0.136 e. The first-order chi connectivity index (χ1) is 12.6. The second kappa shape index (κ2) is 8.24. The highest BCUT2D eigenvalue weighted by molar-refractivity contribution is 7.11. The summed E-state index contributed by atoms with van der Waals surface area (Å²) in [7, 11) is 1.63. The molecule has 0 bridgehead atoms. The van der Waals surface area contributed by atoms with E-state index in [9.17, 15) is 5.26 Å². The molecule has 0 fully saturated rings. The van der Waals surface area contributed by atoms with Crippen LogP contribution in [0.25, 0.3) is 16.8 Å². The van der Waals surface area contributed by atoms with E-state index in [1.807, 2.05) is 29.6 Å². The van der Waals surface area contributed by atoms with Gasteiger partial charge in [-0.1, -0.05) is 23.2 Å². The molecule has 0 unspecified atom stereocenters. The molecule has 0 spiro atoms. The van der Waals surface area contributed by atoms with Gasteiger partial charge in [-0.15, -0.1) is 11.3 Å². The smallest absolute Gasteiger partial charge is 0.136 e. The topological polar surface area (TPSA) is 57.9 Å². The Bertz CT molecular complexity index is 971. The molecule has 0 aliphatic rings. The zero-order valence-electron chi connectivity index (χ0n) is 13.7. The van der Waals surface area contributed by atoms with E-state index in [2.05, 4.69) is 16.4 Å². The van der Waals surface area contributed by atoms with Crippen LogP contribution in [0.2, 0.25) is 10.0 Å². The number of nitrogens with one attached hydrogen (secondary N) is 1. The van der Waals surface area contributed by atoms with Crippen molar-refractivity contribution in [2.75, 3.05) is 12.4 Å². The van der Waals surface area contributed by atoms with Crippen LogP contribution < -0.4 is 10.1 Å². The van der Waals surface area contributed by atoms with Crippen LogP contribution in [-0.2, 0) is 0 Å². The van der Waals surface area contributed by atoms with E-state index in [0.717, 1.165) is 17.0 Å². The Labute approximate surface area is 165 Å². The normalized spacial score (nSPS) is 11.1. The minimum absolute atomic E-state index is 0.422. The Hall–Kier alpha value is -2.52. The van der Waals surface area contributed by atoms with Gasteiger partial charge in [0.15, 0.2) is 0 Å². The first kappa shape index (κ1) is 18.3. The van der Waals surface area contributed by atoms with Crippen LogP contribution in [0.4, 0.5) is 5.69 Å². The van der Waals surface area contributed by atoms with Crippen molar-refractivity contribution >= 4 is 45.8 Å². The standard InChI is InChI=1S/C19H13Cl2N3OS/c1-25-17-4-2-12(3-5-17)18-11-26-19(24-18)13(9-22)10-23-16-7-14(20)6-15(21)8-16/h2-8,10-11,23H,1H3/b13-10-. The van der Waals surface area contributed by atoms with E-state index in [4.69, 9.17) is 27.9 Å². The van der Waals surface area contributed by atoms with Crippen LogP contribution in [0.15, 0.2) is 54.0 Å². The van der Waals surface area contributed by atoms with Gasteiger partial charge in [0.05, 0.1) is 12.8 Å². The number of benzene rings is 2. The van der Waals surface area contributed by atoms with Crippen molar-refractivity contribution in [1.82, 2.24) is 4.98 Å². The van der Waals surface area contributed by atoms with Crippen molar-refractivity contribution < 1.29 is 4.74 Å². The van der Waals surface area contributed by atoms with Gasteiger partial charge in [-0.3, -0.25) is 0 Å². The number of rotatable bonds is 5. The third-order valence-electron chi connectivity index (χ3n) is 3.49. The molecule has 3 aromatic rings. The van der Waals surface area contributed by atoms with Gasteiger partial charge in [-0.2, -0.15) is 5.26 Å². The quantitative estimate of drug-likeness (QED) is 0.524. The van der Waals surface area contributed by atoms with Gasteiger partial charge in [0.2, 0.25) is 0 Å². The van der Waals surface area contributed by atoms with Gasteiger partial charge in [0.25, 0.3) is 0 Å². The fourth-order valence-corrected chi connectivity index (χ4v) is 3.55. The van der Waals surface area contributed by atoms with E-state index in [1.54, 1.807) is 31.5 Å². The summed E-state index contributed by atoms with van der Waals surface area (Å²) in [6.45, 7) is 0. The zero-order chi connectivity index (χ0) is 18.5. The van der Waals surface area contributed by atoms with Crippen LogP contribution in [0.1, 0.15) is 5.01 Å². The second-order valence-corrected chi connectivity index (χ2v) is 6.97. The van der Waals surface area contributed by atoms with E-state index in [1.165, 1.54) is 11.3 Å². The highest BCUT2D eigenvalue weighted by atomic mass is 35.5. The molecule has 0 aliphatic carbocycles. The monoisotopic (exact) mass is 401 g/mol. The number of halogens is 2. The number of aromatic nitrogens is 1. The maximum atomic E-state index is 9.45. The fourth-order valence-electron chi connectivity index (χ4n) is 2.23. The Morgan fingerprint density at radius 2 is 1.88 bits per heavy atom. The average Bonchev–Trinajstić information content (AvgIpc) is 3.11. The molecular formula is C19H13Cl2N3OS. The molecule has 0 aliphatic heterocycles. The first-order valence-corrected chi connectivity index (χ1v) is 9.16. The summed E-state index contributed by atoms with van der Waals surface area (Å²) < 4.78 is 5.16. The van der Waals surface area contributed by atoms with Gasteiger partial charge in [0.1, 0.15) is 22.4 Å². The number of nitriles is 1. The van der Waals surface area contributed by atoms with Gasteiger partial charge in [0, 0.05) is 32.9 Å². The summed E-state index contributed by atoms with van der Waals surface area (Å²) in [5.74, 6) is 0.784. The van der Waals surface area contributed by atoms with Crippen molar-refractivity contribution in [2.24, 2.45) is 0 Å². The maximum absolute atomic E-state index is 9.45. The minimum atomic E-state index is 0.422.